The Bertz CT molecular complexity index is 1330. The molecule has 9 heteroatoms. The lowest BCUT2D eigenvalue weighted by Gasteiger charge is -2.33. The van der Waals surface area contributed by atoms with E-state index in [2.05, 4.69) is 25.7 Å². The Kier molecular flexibility index (Phi) is 4.20. The molecule has 1 atom stereocenters. The minimum atomic E-state index is 0.0942. The molecule has 1 fully saturated rings. The number of hydrogen-bond donors (Lipinski definition) is 0. The van der Waals surface area contributed by atoms with Crippen LogP contribution < -0.4 is 0 Å². The highest BCUT2D eigenvalue weighted by Gasteiger charge is 2.26. The van der Waals surface area contributed by atoms with Crippen LogP contribution in [0.5, 0.6) is 0 Å². The number of likely N-dealkylation sites (tertiary alicyclic amines) is 1. The number of nitrogens with zero attached hydrogens (tertiary/aromatic N) is 8. The summed E-state index contributed by atoms with van der Waals surface area (Å²) in [7, 11) is 0. The fourth-order valence-electron chi connectivity index (χ4n) is 4.24. The number of hydrogen-bond acceptors (Lipinski definition) is 6. The molecule has 1 amide bonds. The summed E-state index contributed by atoms with van der Waals surface area (Å²) in [5, 5.41) is 13.6. The number of fused-ring (bicyclic) bond motifs is 2. The summed E-state index contributed by atoms with van der Waals surface area (Å²) < 4.78 is 3.83. The second-order valence-corrected chi connectivity index (χ2v) is 7.61. The van der Waals surface area contributed by atoms with E-state index in [9.17, 15) is 10.1 Å². The molecule has 0 aromatic carbocycles. The first-order valence-corrected chi connectivity index (χ1v) is 9.90. The Morgan fingerprint density at radius 2 is 2.17 bits per heavy atom. The molecule has 1 saturated heterocycles. The molecular formula is C21H20N8O. The summed E-state index contributed by atoms with van der Waals surface area (Å²) in [6, 6.07) is 5.79. The van der Waals surface area contributed by atoms with Crippen molar-refractivity contribution in [2.45, 2.75) is 32.7 Å². The molecule has 0 radical (unpaired) electrons. The molecule has 5 rings (SSSR count). The molecule has 9 nitrogen and oxygen atoms in total. The van der Waals surface area contributed by atoms with Crippen LogP contribution in [0, 0.1) is 18.3 Å². The lowest BCUT2D eigenvalue weighted by Crippen LogP contribution is -2.39. The van der Waals surface area contributed by atoms with Crippen molar-refractivity contribution < 1.29 is 4.79 Å². The summed E-state index contributed by atoms with van der Waals surface area (Å²) in [6.07, 6.45) is 7.11. The van der Waals surface area contributed by atoms with Crippen LogP contribution in [0.2, 0.25) is 0 Å². The number of nitriles is 1. The molecule has 4 aromatic rings. The number of carbonyl (C=O) groups is 1. The fourth-order valence-corrected chi connectivity index (χ4v) is 4.24. The second kappa shape index (κ2) is 6.91. The van der Waals surface area contributed by atoms with Crippen molar-refractivity contribution in [3.8, 4) is 17.5 Å². The topological polar surface area (TPSA) is 105 Å². The molecule has 0 N–H and O–H groups in total. The maximum absolute atomic E-state index is 11.9. The monoisotopic (exact) mass is 400 g/mol. The summed E-state index contributed by atoms with van der Waals surface area (Å²) in [6.45, 7) is 5.02. The number of imidazole rings is 1. The average molecular weight is 400 g/mol. The molecular weight excluding hydrogens is 380 g/mol. The van der Waals surface area contributed by atoms with Crippen molar-refractivity contribution in [3.05, 3.63) is 42.1 Å². The first-order valence-electron chi connectivity index (χ1n) is 9.90. The van der Waals surface area contributed by atoms with Gasteiger partial charge >= 0.3 is 0 Å². The number of pyridine rings is 1. The number of rotatable bonds is 2. The first kappa shape index (κ1) is 18.2. The van der Waals surface area contributed by atoms with Gasteiger partial charge in [-0.2, -0.15) is 10.4 Å². The molecule has 0 saturated carbocycles. The molecule has 1 aliphatic rings. The smallest absolute Gasteiger partial charge is 0.219 e. The fraction of sp³-hybridized carbons (Fsp3) is 0.333. The van der Waals surface area contributed by atoms with Gasteiger partial charge in [0, 0.05) is 26.2 Å². The van der Waals surface area contributed by atoms with E-state index in [0.717, 1.165) is 47.5 Å². The number of amides is 1. The van der Waals surface area contributed by atoms with Gasteiger partial charge in [-0.15, -0.1) is 0 Å². The van der Waals surface area contributed by atoms with E-state index >= 15 is 0 Å². The van der Waals surface area contributed by atoms with Crippen molar-refractivity contribution in [2.75, 3.05) is 13.1 Å². The lowest BCUT2D eigenvalue weighted by molar-refractivity contribution is -0.130. The van der Waals surface area contributed by atoms with Crippen LogP contribution in [0.15, 0.2) is 30.7 Å². The van der Waals surface area contributed by atoms with E-state index in [1.54, 1.807) is 42.2 Å². The van der Waals surface area contributed by atoms with Gasteiger partial charge in [-0.3, -0.25) is 4.79 Å². The lowest BCUT2D eigenvalue weighted by atomic mass is 10.1. The molecule has 0 bridgehead atoms. The van der Waals surface area contributed by atoms with E-state index in [1.165, 1.54) is 0 Å². The zero-order valence-electron chi connectivity index (χ0n) is 16.8. The predicted molar refractivity (Wildman–Crippen MR) is 109 cm³/mol. The Morgan fingerprint density at radius 3 is 2.97 bits per heavy atom. The molecule has 30 heavy (non-hydrogen) atoms. The van der Waals surface area contributed by atoms with E-state index in [0.29, 0.717) is 17.9 Å². The molecule has 1 unspecified atom stereocenters. The molecule has 1 aliphatic heterocycles. The minimum absolute atomic E-state index is 0.0942. The van der Waals surface area contributed by atoms with Crippen molar-refractivity contribution in [1.29, 1.82) is 5.26 Å². The van der Waals surface area contributed by atoms with Gasteiger partial charge in [0.05, 0.1) is 41.1 Å². The van der Waals surface area contributed by atoms with E-state index in [4.69, 9.17) is 4.98 Å². The zero-order valence-corrected chi connectivity index (χ0v) is 16.8. The quantitative estimate of drug-likeness (QED) is 0.512. The average Bonchev–Trinajstić information content (AvgIpc) is 3.32. The van der Waals surface area contributed by atoms with Gasteiger partial charge in [0.1, 0.15) is 11.3 Å². The van der Waals surface area contributed by atoms with Gasteiger partial charge in [-0.25, -0.2) is 19.5 Å². The van der Waals surface area contributed by atoms with Crippen molar-refractivity contribution >= 4 is 22.6 Å². The predicted octanol–water partition coefficient (Wildman–Crippen LogP) is 2.50. The standard InChI is InChI=1S/C21H20N8O/c1-13-25-18-11-23-20(17-10-24-28-7-5-15(9-22)8-19(17)28)26-21(18)29(13)16-4-3-6-27(12-16)14(2)30/h5,7-8,10-11,16H,3-4,6,12H2,1-2H3. The van der Waals surface area contributed by atoms with Crippen LogP contribution in [-0.4, -0.2) is 53.0 Å². The van der Waals surface area contributed by atoms with Crippen LogP contribution in [0.3, 0.4) is 0 Å². The minimum Gasteiger partial charge on any atom is -0.341 e. The third-order valence-electron chi connectivity index (χ3n) is 5.71. The van der Waals surface area contributed by atoms with Crippen LogP contribution >= 0.6 is 0 Å². The first-order chi connectivity index (χ1) is 14.5. The van der Waals surface area contributed by atoms with Gasteiger partial charge < -0.3 is 9.47 Å². The third-order valence-corrected chi connectivity index (χ3v) is 5.71. The summed E-state index contributed by atoms with van der Waals surface area (Å²) in [5.74, 6) is 1.49. The van der Waals surface area contributed by atoms with Gasteiger partial charge in [0.25, 0.3) is 0 Å². The molecule has 5 heterocycles. The third kappa shape index (κ3) is 2.88. The van der Waals surface area contributed by atoms with Crippen LogP contribution in [-0.2, 0) is 4.79 Å². The van der Waals surface area contributed by atoms with Crippen LogP contribution in [0.25, 0.3) is 28.1 Å². The maximum Gasteiger partial charge on any atom is 0.219 e. The number of aromatic nitrogens is 6. The van der Waals surface area contributed by atoms with Crippen molar-refractivity contribution in [3.63, 3.8) is 0 Å². The van der Waals surface area contributed by atoms with Gasteiger partial charge in [-0.1, -0.05) is 0 Å². The molecule has 150 valence electrons. The molecule has 4 aromatic heterocycles. The second-order valence-electron chi connectivity index (χ2n) is 7.61. The largest absolute Gasteiger partial charge is 0.341 e. The van der Waals surface area contributed by atoms with Crippen LogP contribution in [0.1, 0.15) is 37.2 Å². The summed E-state index contributed by atoms with van der Waals surface area (Å²) >= 11 is 0. The van der Waals surface area contributed by atoms with Gasteiger partial charge in [0.2, 0.25) is 5.91 Å². The van der Waals surface area contributed by atoms with Gasteiger partial charge in [0.15, 0.2) is 11.5 Å². The van der Waals surface area contributed by atoms with Gasteiger partial charge in [-0.05, 0) is 31.9 Å². The molecule has 0 aliphatic carbocycles. The van der Waals surface area contributed by atoms with Crippen LogP contribution in [0.4, 0.5) is 0 Å². The SMILES string of the molecule is CC(=O)N1CCCC(n2c(C)nc3cnc(-c4cnn5ccc(C#N)cc45)nc32)C1. The summed E-state index contributed by atoms with van der Waals surface area (Å²) in [5.41, 5.74) is 3.57. The Hall–Kier alpha value is -3.80. The number of aryl methyl sites for hydroxylation is 1. The zero-order chi connectivity index (χ0) is 20.8. The number of carbonyl (C=O) groups excluding carboxylic acids is 1. The van der Waals surface area contributed by atoms with E-state index in [-0.39, 0.29) is 11.9 Å². The number of piperidine rings is 1. The van der Waals surface area contributed by atoms with Crippen molar-refractivity contribution in [1.82, 2.24) is 34.0 Å². The van der Waals surface area contributed by atoms with E-state index < -0.39 is 0 Å². The summed E-state index contributed by atoms with van der Waals surface area (Å²) in [4.78, 5) is 27.8. The normalized spacial score (nSPS) is 16.8. The Balaban J connectivity index is 1.62. The Morgan fingerprint density at radius 1 is 1.30 bits per heavy atom. The molecule has 0 spiro atoms. The highest BCUT2D eigenvalue weighted by molar-refractivity contribution is 5.80. The highest BCUT2D eigenvalue weighted by Crippen LogP contribution is 2.29. The Labute approximate surface area is 172 Å². The maximum atomic E-state index is 11.9. The highest BCUT2D eigenvalue weighted by atomic mass is 16.2. The van der Waals surface area contributed by atoms with E-state index in [1.807, 2.05) is 11.8 Å². The van der Waals surface area contributed by atoms with Crippen molar-refractivity contribution in [2.24, 2.45) is 0 Å².